The van der Waals surface area contributed by atoms with Crippen molar-refractivity contribution in [2.75, 3.05) is 0 Å². The van der Waals surface area contributed by atoms with E-state index >= 15 is 0 Å². The topological polar surface area (TPSA) is 25.8 Å². The number of benzene rings is 4. The summed E-state index contributed by atoms with van der Waals surface area (Å²) in [6.45, 7) is 9.17. The molecule has 4 aromatic carbocycles. The molecule has 8 rings (SSSR count). The second-order valence-electron chi connectivity index (χ2n) is 11.8. The minimum atomic E-state index is -1.23. The SMILES string of the molecule is C[Si](C)(C)c1ccc(-c2[c-]cccc2)nc1.Cc1cccc2c1sc1cc(-c3[c-]ccc4c3sc3ccccc34)ncc12.[Ir]. The standard InChI is InChI=1S/C24H14NS2.C14H16NSi.Ir/c1-14-6-4-8-17-19-13-25-20(12-22(19)27-23(14)17)18-10-5-9-16-15-7-2-3-11-21(15)26-24(16)18;1-16(2,3)13-9-10-14(15-11-13)12-7-5-4-6-8-12;/h2-9,11-13H,1H3;4-7,9-11H,1-3H3;/q2*-1;. The second kappa shape index (κ2) is 12.5. The Balaban J connectivity index is 0.000000174. The van der Waals surface area contributed by atoms with Gasteiger partial charge in [-0.3, -0.25) is 0 Å². The molecule has 0 saturated heterocycles. The number of pyridine rings is 2. The molecule has 0 fully saturated rings. The molecule has 1 radical (unpaired) electrons. The van der Waals surface area contributed by atoms with E-state index in [4.69, 9.17) is 4.98 Å². The number of nitrogens with zero attached hydrogens (tertiary/aromatic N) is 2. The molecule has 0 bridgehead atoms. The maximum absolute atomic E-state index is 4.83. The monoisotopic (exact) mass is 799 g/mol. The van der Waals surface area contributed by atoms with Crippen LogP contribution in [-0.4, -0.2) is 18.0 Å². The molecular weight excluding hydrogens is 769 g/mol. The summed E-state index contributed by atoms with van der Waals surface area (Å²) in [4.78, 5) is 9.35. The molecule has 0 atom stereocenters. The van der Waals surface area contributed by atoms with E-state index < -0.39 is 8.07 Å². The number of fused-ring (bicyclic) bond motifs is 6. The van der Waals surface area contributed by atoms with E-state index in [1.165, 1.54) is 51.1 Å². The van der Waals surface area contributed by atoms with Crippen LogP contribution in [0.5, 0.6) is 0 Å². The molecule has 0 unspecified atom stereocenters. The first kappa shape index (κ1) is 30.5. The van der Waals surface area contributed by atoms with Crippen LogP contribution in [0.15, 0.2) is 109 Å². The van der Waals surface area contributed by atoms with Gasteiger partial charge in [-0.1, -0.05) is 79.6 Å². The third-order valence-corrected chi connectivity index (χ3v) is 12.3. The zero-order valence-corrected chi connectivity index (χ0v) is 30.0. The molecule has 2 nitrogen and oxygen atoms in total. The summed E-state index contributed by atoms with van der Waals surface area (Å²) < 4.78 is 5.22. The van der Waals surface area contributed by atoms with E-state index in [1.807, 2.05) is 65.4 Å². The predicted octanol–water partition coefficient (Wildman–Crippen LogP) is 10.7. The Hall–Kier alpha value is -3.51. The van der Waals surface area contributed by atoms with E-state index in [2.05, 4.69) is 110 Å². The van der Waals surface area contributed by atoms with Crippen LogP contribution in [0.1, 0.15) is 5.56 Å². The molecule has 4 aromatic heterocycles. The number of aryl methyl sites for hydroxylation is 1. The van der Waals surface area contributed by atoms with Gasteiger partial charge in [-0.05, 0) is 45.2 Å². The van der Waals surface area contributed by atoms with Crippen molar-refractivity contribution in [3.63, 3.8) is 0 Å². The number of hydrogen-bond donors (Lipinski definition) is 0. The summed E-state index contributed by atoms with van der Waals surface area (Å²) in [6.07, 6.45) is 4.05. The normalized spacial score (nSPS) is 11.5. The average Bonchev–Trinajstić information content (AvgIpc) is 3.60. The Bertz CT molecular complexity index is 2230. The maximum atomic E-state index is 4.83. The second-order valence-corrected chi connectivity index (χ2v) is 19.0. The summed E-state index contributed by atoms with van der Waals surface area (Å²) in [5.41, 5.74) is 5.49. The first-order valence-corrected chi connectivity index (χ1v) is 19.5. The van der Waals surface area contributed by atoms with Crippen LogP contribution in [0, 0.1) is 19.1 Å². The van der Waals surface area contributed by atoms with Gasteiger partial charge >= 0.3 is 0 Å². The third kappa shape index (κ3) is 5.81. The molecule has 0 spiro atoms. The van der Waals surface area contributed by atoms with E-state index in [0.29, 0.717) is 0 Å². The first-order valence-electron chi connectivity index (χ1n) is 14.4. The Morgan fingerprint density at radius 2 is 1.36 bits per heavy atom. The summed E-state index contributed by atoms with van der Waals surface area (Å²) in [5, 5.41) is 6.54. The van der Waals surface area contributed by atoms with Gasteiger partial charge in [0.1, 0.15) is 0 Å². The van der Waals surface area contributed by atoms with Gasteiger partial charge in [0.15, 0.2) is 0 Å². The van der Waals surface area contributed by atoms with Crippen molar-refractivity contribution in [2.45, 2.75) is 26.6 Å². The first-order chi connectivity index (χ1) is 20.9. The number of aromatic nitrogens is 2. The van der Waals surface area contributed by atoms with Crippen LogP contribution < -0.4 is 5.19 Å². The zero-order valence-electron chi connectivity index (χ0n) is 24.9. The largest absolute Gasteiger partial charge is 0.305 e. The average molecular weight is 799 g/mol. The molecule has 0 N–H and O–H groups in total. The smallest absolute Gasteiger partial charge is 0.0795 e. The Morgan fingerprint density at radius 3 is 2.14 bits per heavy atom. The molecule has 0 saturated carbocycles. The minimum Gasteiger partial charge on any atom is -0.305 e. The van der Waals surface area contributed by atoms with Gasteiger partial charge in [-0.2, -0.15) is 11.3 Å². The van der Waals surface area contributed by atoms with Crippen LogP contribution in [0.25, 0.3) is 62.9 Å². The molecule has 0 aliphatic rings. The van der Waals surface area contributed by atoms with Crippen LogP contribution in [0.2, 0.25) is 19.6 Å². The van der Waals surface area contributed by atoms with Crippen molar-refractivity contribution in [1.82, 2.24) is 9.97 Å². The molecule has 4 heterocycles. The van der Waals surface area contributed by atoms with Gasteiger partial charge in [0, 0.05) is 57.4 Å². The summed E-state index contributed by atoms with van der Waals surface area (Å²) in [7, 11) is -1.23. The molecule has 219 valence electrons. The van der Waals surface area contributed by atoms with Crippen LogP contribution in [-0.2, 0) is 20.1 Å². The molecule has 0 aliphatic heterocycles. The van der Waals surface area contributed by atoms with E-state index in [9.17, 15) is 0 Å². The molecule has 0 amide bonds. The van der Waals surface area contributed by atoms with E-state index in [0.717, 1.165) is 22.5 Å². The van der Waals surface area contributed by atoms with Gasteiger partial charge in [0.05, 0.1) is 8.07 Å². The van der Waals surface area contributed by atoms with Gasteiger partial charge in [0.25, 0.3) is 0 Å². The van der Waals surface area contributed by atoms with Crippen molar-refractivity contribution in [2.24, 2.45) is 0 Å². The van der Waals surface area contributed by atoms with Crippen LogP contribution in [0.4, 0.5) is 0 Å². The van der Waals surface area contributed by atoms with Gasteiger partial charge < -0.3 is 9.97 Å². The summed E-state index contributed by atoms with van der Waals surface area (Å²) in [6, 6.07) is 40.4. The van der Waals surface area contributed by atoms with Crippen molar-refractivity contribution in [3.8, 4) is 22.5 Å². The van der Waals surface area contributed by atoms with Crippen LogP contribution in [0.3, 0.4) is 0 Å². The number of thiophene rings is 2. The van der Waals surface area contributed by atoms with E-state index in [1.54, 1.807) is 0 Å². The van der Waals surface area contributed by atoms with Gasteiger partial charge in [0.2, 0.25) is 0 Å². The van der Waals surface area contributed by atoms with Crippen molar-refractivity contribution in [3.05, 3.63) is 127 Å². The molecular formula is C38H30IrN2S2Si-2. The molecule has 8 aromatic rings. The molecule has 44 heavy (non-hydrogen) atoms. The van der Waals surface area contributed by atoms with Crippen LogP contribution >= 0.6 is 22.7 Å². The minimum absolute atomic E-state index is 0. The fourth-order valence-corrected chi connectivity index (χ4v) is 8.82. The maximum Gasteiger partial charge on any atom is 0.0795 e. The quantitative estimate of drug-likeness (QED) is 0.131. The molecule has 0 aliphatic carbocycles. The third-order valence-electron chi connectivity index (χ3n) is 7.79. The number of rotatable bonds is 3. The predicted molar refractivity (Wildman–Crippen MR) is 191 cm³/mol. The zero-order chi connectivity index (χ0) is 29.6. The molecule has 6 heteroatoms. The Labute approximate surface area is 280 Å². The Kier molecular flexibility index (Phi) is 8.65. The van der Waals surface area contributed by atoms with Crippen molar-refractivity contribution < 1.29 is 20.1 Å². The van der Waals surface area contributed by atoms with Crippen molar-refractivity contribution in [1.29, 1.82) is 0 Å². The number of hydrogen-bond acceptors (Lipinski definition) is 4. The summed E-state index contributed by atoms with van der Waals surface area (Å²) in [5.74, 6) is 0. The van der Waals surface area contributed by atoms with Gasteiger partial charge in [-0.15, -0.1) is 71.0 Å². The van der Waals surface area contributed by atoms with E-state index in [-0.39, 0.29) is 20.1 Å². The summed E-state index contributed by atoms with van der Waals surface area (Å²) >= 11 is 3.69. The fourth-order valence-electron chi connectivity index (χ4n) is 5.40. The van der Waals surface area contributed by atoms with Gasteiger partial charge in [-0.25, -0.2) is 0 Å². The Morgan fingerprint density at radius 1 is 0.614 bits per heavy atom. The van der Waals surface area contributed by atoms with Crippen molar-refractivity contribution >= 4 is 76.3 Å². The fraction of sp³-hybridized carbons (Fsp3) is 0.105.